The van der Waals surface area contributed by atoms with Crippen molar-refractivity contribution in [2.75, 3.05) is 16.4 Å². The van der Waals surface area contributed by atoms with E-state index in [9.17, 15) is 9.59 Å². The van der Waals surface area contributed by atoms with Crippen LogP contribution < -0.4 is 10.6 Å². The molecule has 9 heteroatoms. The van der Waals surface area contributed by atoms with E-state index in [1.807, 2.05) is 24.3 Å². The van der Waals surface area contributed by atoms with Gasteiger partial charge in [-0.3, -0.25) is 9.59 Å². The molecule has 0 spiro atoms. The molecule has 4 rings (SSSR count). The zero-order valence-electron chi connectivity index (χ0n) is 17.6. The van der Waals surface area contributed by atoms with E-state index in [0.717, 1.165) is 30.0 Å². The van der Waals surface area contributed by atoms with Crippen molar-refractivity contribution < 1.29 is 14.1 Å². The van der Waals surface area contributed by atoms with Crippen molar-refractivity contribution in [2.24, 2.45) is 0 Å². The van der Waals surface area contributed by atoms with E-state index in [2.05, 4.69) is 26.6 Å². The second kappa shape index (κ2) is 9.38. The van der Waals surface area contributed by atoms with Gasteiger partial charge < -0.3 is 19.7 Å². The Morgan fingerprint density at radius 1 is 1.23 bits per heavy atom. The second-order valence-electron chi connectivity index (χ2n) is 7.58. The van der Waals surface area contributed by atoms with E-state index in [0.29, 0.717) is 17.3 Å². The first kappa shape index (κ1) is 21.2. The summed E-state index contributed by atoms with van der Waals surface area (Å²) >= 11 is 1.26. The highest BCUT2D eigenvalue weighted by Gasteiger charge is 2.17. The fraction of sp³-hybridized carbons (Fsp3) is 0.364. The Balaban J connectivity index is 1.26. The highest BCUT2D eigenvalue weighted by atomic mass is 32.2. The molecule has 3 heterocycles. The Kier molecular flexibility index (Phi) is 6.41. The molecule has 1 unspecified atom stereocenters. The largest absolute Gasteiger partial charge is 0.360 e. The van der Waals surface area contributed by atoms with Gasteiger partial charge >= 0.3 is 0 Å². The lowest BCUT2D eigenvalue weighted by Crippen LogP contribution is -2.25. The number of nitrogens with zero attached hydrogens (tertiary/aromatic N) is 3. The van der Waals surface area contributed by atoms with Gasteiger partial charge in [0.2, 0.25) is 11.8 Å². The van der Waals surface area contributed by atoms with Crippen LogP contribution in [-0.4, -0.2) is 37.5 Å². The molecular weight excluding hydrogens is 414 g/mol. The monoisotopic (exact) mass is 439 g/mol. The van der Waals surface area contributed by atoms with Gasteiger partial charge in [-0.15, -0.1) is 11.8 Å². The van der Waals surface area contributed by atoms with Crippen LogP contribution in [0.2, 0.25) is 0 Å². The SMILES string of the molecule is Cc1cc(NC(=O)C(C)SCC(=O)Nc2ccc(-c3cn4c(n3)CCCC4)cc2)no1. The van der Waals surface area contributed by atoms with E-state index < -0.39 is 5.25 Å². The topological polar surface area (TPSA) is 102 Å². The molecule has 8 nitrogen and oxygen atoms in total. The molecule has 0 bridgehead atoms. The van der Waals surface area contributed by atoms with Crippen molar-refractivity contribution in [1.82, 2.24) is 14.7 Å². The van der Waals surface area contributed by atoms with Crippen LogP contribution in [0, 0.1) is 6.92 Å². The lowest BCUT2D eigenvalue weighted by atomic mass is 10.1. The molecule has 1 aliphatic heterocycles. The van der Waals surface area contributed by atoms with Crippen LogP contribution in [0.5, 0.6) is 0 Å². The molecule has 2 amide bonds. The molecule has 1 aliphatic rings. The Morgan fingerprint density at radius 2 is 2.03 bits per heavy atom. The van der Waals surface area contributed by atoms with E-state index in [1.54, 1.807) is 19.9 Å². The van der Waals surface area contributed by atoms with E-state index in [1.165, 1.54) is 24.6 Å². The van der Waals surface area contributed by atoms with Crippen molar-refractivity contribution in [1.29, 1.82) is 0 Å². The lowest BCUT2D eigenvalue weighted by Gasteiger charge is -2.11. The number of rotatable bonds is 7. The maximum absolute atomic E-state index is 12.3. The first-order chi connectivity index (χ1) is 15.0. The molecule has 3 aromatic rings. The van der Waals surface area contributed by atoms with Gasteiger partial charge in [0.25, 0.3) is 0 Å². The summed E-state index contributed by atoms with van der Waals surface area (Å²) in [6, 6.07) is 9.32. The summed E-state index contributed by atoms with van der Waals surface area (Å²) < 4.78 is 7.16. The first-order valence-electron chi connectivity index (χ1n) is 10.3. The van der Waals surface area contributed by atoms with Gasteiger partial charge in [0, 0.05) is 36.5 Å². The van der Waals surface area contributed by atoms with Crippen LogP contribution in [0.4, 0.5) is 11.5 Å². The van der Waals surface area contributed by atoms with Crippen LogP contribution in [0.15, 0.2) is 41.1 Å². The van der Waals surface area contributed by atoms with Crippen LogP contribution >= 0.6 is 11.8 Å². The molecule has 0 saturated heterocycles. The van der Waals surface area contributed by atoms with Crippen molar-refractivity contribution in [3.05, 3.63) is 48.1 Å². The van der Waals surface area contributed by atoms with Gasteiger partial charge in [-0.1, -0.05) is 17.3 Å². The zero-order valence-corrected chi connectivity index (χ0v) is 18.4. The Labute approximate surface area is 184 Å². The number of amides is 2. The predicted octanol–water partition coefficient (Wildman–Crippen LogP) is 3.88. The zero-order chi connectivity index (χ0) is 21.8. The molecule has 0 fully saturated rings. The number of benzene rings is 1. The van der Waals surface area contributed by atoms with Gasteiger partial charge in [0.15, 0.2) is 5.82 Å². The number of anilines is 2. The Morgan fingerprint density at radius 3 is 2.74 bits per heavy atom. The number of thioether (sulfide) groups is 1. The fourth-order valence-corrected chi connectivity index (χ4v) is 4.09. The summed E-state index contributed by atoms with van der Waals surface area (Å²) in [5, 5.41) is 8.87. The standard InChI is InChI=1S/C22H25N5O3S/c1-14-11-19(26-30-14)25-22(29)15(2)31-13-21(28)23-17-8-6-16(7-9-17)18-12-27-10-4-3-5-20(27)24-18/h6-9,11-12,15H,3-5,10,13H2,1-2H3,(H,23,28)(H,25,26,29). The quantitative estimate of drug-likeness (QED) is 0.579. The number of aromatic nitrogens is 3. The summed E-state index contributed by atoms with van der Waals surface area (Å²) in [5.41, 5.74) is 2.71. The number of hydrogen-bond donors (Lipinski definition) is 2. The molecule has 1 atom stereocenters. The van der Waals surface area contributed by atoms with Crippen LogP contribution in [-0.2, 0) is 22.6 Å². The third-order valence-corrected chi connectivity index (χ3v) is 6.23. The average molecular weight is 440 g/mol. The maximum atomic E-state index is 12.3. The van der Waals surface area contributed by atoms with Crippen molar-refractivity contribution in [2.45, 2.75) is 44.9 Å². The maximum Gasteiger partial charge on any atom is 0.238 e. The average Bonchev–Trinajstić information content (AvgIpc) is 3.38. The molecule has 2 N–H and O–H groups in total. The fourth-order valence-electron chi connectivity index (χ4n) is 3.40. The molecule has 0 saturated carbocycles. The highest BCUT2D eigenvalue weighted by molar-refractivity contribution is 8.01. The van der Waals surface area contributed by atoms with Crippen molar-refractivity contribution >= 4 is 35.1 Å². The van der Waals surface area contributed by atoms with Crippen molar-refractivity contribution in [3.8, 4) is 11.3 Å². The van der Waals surface area contributed by atoms with Gasteiger partial charge in [-0.2, -0.15) is 0 Å². The van der Waals surface area contributed by atoms with E-state index >= 15 is 0 Å². The summed E-state index contributed by atoms with van der Waals surface area (Å²) in [5.74, 6) is 1.92. The molecule has 1 aromatic carbocycles. The molecule has 0 radical (unpaired) electrons. The normalized spacial score (nSPS) is 14.0. The number of carbonyl (C=O) groups is 2. The van der Waals surface area contributed by atoms with Gasteiger partial charge in [-0.25, -0.2) is 4.98 Å². The summed E-state index contributed by atoms with van der Waals surface area (Å²) in [6.45, 7) is 4.53. The minimum atomic E-state index is -0.405. The number of carbonyl (C=O) groups excluding carboxylic acids is 2. The van der Waals surface area contributed by atoms with Crippen molar-refractivity contribution in [3.63, 3.8) is 0 Å². The minimum Gasteiger partial charge on any atom is -0.360 e. The van der Waals surface area contributed by atoms with Gasteiger partial charge in [-0.05, 0) is 38.8 Å². The Bertz CT molecular complexity index is 1050. The number of nitrogens with one attached hydrogen (secondary N) is 2. The summed E-state index contributed by atoms with van der Waals surface area (Å²) in [6.07, 6.45) is 5.53. The third kappa shape index (κ3) is 5.35. The number of aryl methyl sites for hydroxylation is 3. The van der Waals surface area contributed by atoms with Crippen LogP contribution in [0.25, 0.3) is 11.3 Å². The second-order valence-corrected chi connectivity index (χ2v) is 8.91. The Hall–Kier alpha value is -3.07. The number of hydrogen-bond acceptors (Lipinski definition) is 6. The third-order valence-electron chi connectivity index (χ3n) is 5.09. The smallest absolute Gasteiger partial charge is 0.238 e. The van der Waals surface area contributed by atoms with E-state index in [-0.39, 0.29) is 17.6 Å². The summed E-state index contributed by atoms with van der Waals surface area (Å²) in [4.78, 5) is 29.2. The van der Waals surface area contributed by atoms with Crippen LogP contribution in [0.1, 0.15) is 31.4 Å². The summed E-state index contributed by atoms with van der Waals surface area (Å²) in [7, 11) is 0. The van der Waals surface area contributed by atoms with Crippen LogP contribution in [0.3, 0.4) is 0 Å². The predicted molar refractivity (Wildman–Crippen MR) is 121 cm³/mol. The van der Waals surface area contributed by atoms with Gasteiger partial charge in [0.1, 0.15) is 11.6 Å². The minimum absolute atomic E-state index is 0.160. The van der Waals surface area contributed by atoms with Gasteiger partial charge in [0.05, 0.1) is 16.7 Å². The molecule has 0 aliphatic carbocycles. The van der Waals surface area contributed by atoms with E-state index in [4.69, 9.17) is 9.51 Å². The molecule has 2 aromatic heterocycles. The number of fused-ring (bicyclic) bond motifs is 1. The number of imidazole rings is 1. The highest BCUT2D eigenvalue weighted by Crippen LogP contribution is 2.24. The lowest BCUT2D eigenvalue weighted by molar-refractivity contribution is -0.115. The molecule has 162 valence electrons. The molecule has 31 heavy (non-hydrogen) atoms. The molecular formula is C22H25N5O3S. The first-order valence-corrected chi connectivity index (χ1v) is 11.3.